The standard InChI is InChI=1S/C12H22F2N6O/c1-4-5-15-10-16-11(19(2)3)18-12(17-10)20(6-7-21)8-9(13)14/h9,21H,4-8H2,1-3H3,(H,15,16,17,18). The van der Waals surface area contributed by atoms with Crippen LogP contribution in [0.5, 0.6) is 0 Å². The third-order valence-electron chi connectivity index (χ3n) is 2.56. The van der Waals surface area contributed by atoms with Crippen LogP contribution in [0.15, 0.2) is 0 Å². The first-order valence-corrected chi connectivity index (χ1v) is 6.79. The van der Waals surface area contributed by atoms with Crippen molar-refractivity contribution in [2.75, 3.05) is 55.5 Å². The van der Waals surface area contributed by atoms with E-state index in [0.717, 1.165) is 6.42 Å². The summed E-state index contributed by atoms with van der Waals surface area (Å²) in [6, 6.07) is 0. The molecule has 0 aliphatic carbocycles. The van der Waals surface area contributed by atoms with Crippen molar-refractivity contribution in [1.82, 2.24) is 15.0 Å². The van der Waals surface area contributed by atoms with E-state index >= 15 is 0 Å². The van der Waals surface area contributed by atoms with Crippen LogP contribution in [-0.2, 0) is 0 Å². The molecule has 1 aromatic rings. The van der Waals surface area contributed by atoms with E-state index in [4.69, 9.17) is 5.11 Å². The Hall–Kier alpha value is -1.77. The van der Waals surface area contributed by atoms with E-state index in [9.17, 15) is 8.78 Å². The molecule has 0 aromatic carbocycles. The fraction of sp³-hybridized carbons (Fsp3) is 0.750. The highest BCUT2D eigenvalue weighted by Gasteiger charge is 2.18. The zero-order chi connectivity index (χ0) is 15.8. The monoisotopic (exact) mass is 304 g/mol. The number of aliphatic hydroxyl groups is 1. The molecule has 0 unspecified atom stereocenters. The van der Waals surface area contributed by atoms with E-state index < -0.39 is 13.0 Å². The van der Waals surface area contributed by atoms with E-state index in [-0.39, 0.29) is 19.1 Å². The van der Waals surface area contributed by atoms with Gasteiger partial charge in [0.25, 0.3) is 6.43 Å². The number of aromatic nitrogens is 3. The SMILES string of the molecule is CCCNc1nc(N(C)C)nc(N(CCO)CC(F)F)n1. The van der Waals surface area contributed by atoms with E-state index in [2.05, 4.69) is 20.3 Å². The van der Waals surface area contributed by atoms with Gasteiger partial charge in [-0.05, 0) is 6.42 Å². The first-order valence-electron chi connectivity index (χ1n) is 6.79. The Morgan fingerprint density at radius 3 is 2.38 bits per heavy atom. The molecule has 0 saturated heterocycles. The van der Waals surface area contributed by atoms with Crippen LogP contribution in [0, 0.1) is 0 Å². The molecule has 0 atom stereocenters. The Morgan fingerprint density at radius 1 is 1.19 bits per heavy atom. The molecule has 1 heterocycles. The average Bonchev–Trinajstić information content (AvgIpc) is 2.43. The molecule has 7 nitrogen and oxygen atoms in total. The van der Waals surface area contributed by atoms with E-state index in [0.29, 0.717) is 18.4 Å². The second-order valence-electron chi connectivity index (χ2n) is 4.64. The van der Waals surface area contributed by atoms with Crippen LogP contribution in [0.4, 0.5) is 26.6 Å². The lowest BCUT2D eigenvalue weighted by molar-refractivity contribution is 0.152. The van der Waals surface area contributed by atoms with E-state index in [1.807, 2.05) is 6.92 Å². The molecule has 0 radical (unpaired) electrons. The van der Waals surface area contributed by atoms with Crippen molar-refractivity contribution >= 4 is 17.8 Å². The van der Waals surface area contributed by atoms with E-state index in [1.54, 1.807) is 19.0 Å². The van der Waals surface area contributed by atoms with Crippen LogP contribution in [0.25, 0.3) is 0 Å². The summed E-state index contributed by atoms with van der Waals surface area (Å²) in [5.41, 5.74) is 0. The molecule has 0 aliphatic rings. The van der Waals surface area contributed by atoms with Crippen molar-refractivity contribution in [2.45, 2.75) is 19.8 Å². The highest BCUT2D eigenvalue weighted by molar-refractivity contribution is 5.44. The molecule has 1 rings (SSSR count). The van der Waals surface area contributed by atoms with Gasteiger partial charge in [-0.2, -0.15) is 15.0 Å². The lowest BCUT2D eigenvalue weighted by Crippen LogP contribution is -2.34. The number of aliphatic hydroxyl groups excluding tert-OH is 1. The maximum absolute atomic E-state index is 12.6. The summed E-state index contributed by atoms with van der Waals surface area (Å²) in [4.78, 5) is 15.4. The molecule has 120 valence electrons. The lowest BCUT2D eigenvalue weighted by atomic mass is 10.5. The normalized spacial score (nSPS) is 10.8. The predicted molar refractivity (Wildman–Crippen MR) is 78.2 cm³/mol. The summed E-state index contributed by atoms with van der Waals surface area (Å²) >= 11 is 0. The number of hydrogen-bond acceptors (Lipinski definition) is 7. The number of anilines is 3. The zero-order valence-corrected chi connectivity index (χ0v) is 12.6. The number of rotatable bonds is 9. The smallest absolute Gasteiger partial charge is 0.255 e. The Balaban J connectivity index is 3.08. The fourth-order valence-electron chi connectivity index (χ4n) is 1.57. The summed E-state index contributed by atoms with van der Waals surface area (Å²) < 4.78 is 25.3. The Bertz CT molecular complexity index is 432. The molecule has 1 aromatic heterocycles. The first kappa shape index (κ1) is 17.3. The molecule has 2 N–H and O–H groups in total. The van der Waals surface area contributed by atoms with Gasteiger partial charge in [0.05, 0.1) is 13.2 Å². The summed E-state index contributed by atoms with van der Waals surface area (Å²) in [6.45, 7) is 1.91. The van der Waals surface area contributed by atoms with Crippen molar-refractivity contribution in [3.63, 3.8) is 0 Å². The van der Waals surface area contributed by atoms with Gasteiger partial charge in [0.15, 0.2) is 0 Å². The second kappa shape index (κ2) is 8.50. The predicted octanol–water partition coefficient (Wildman–Crippen LogP) is 0.823. The van der Waals surface area contributed by atoms with Gasteiger partial charge in [-0.1, -0.05) is 6.92 Å². The molecule has 0 saturated carbocycles. The van der Waals surface area contributed by atoms with Gasteiger partial charge in [-0.25, -0.2) is 8.78 Å². The Morgan fingerprint density at radius 2 is 1.86 bits per heavy atom. The minimum atomic E-state index is -2.54. The molecule has 0 spiro atoms. The summed E-state index contributed by atoms with van der Waals surface area (Å²) in [6.07, 6.45) is -1.65. The van der Waals surface area contributed by atoms with Crippen LogP contribution < -0.4 is 15.1 Å². The first-order chi connectivity index (χ1) is 9.97. The van der Waals surface area contributed by atoms with Crippen LogP contribution in [0.2, 0.25) is 0 Å². The molecule has 0 fully saturated rings. The molecule has 0 bridgehead atoms. The topological polar surface area (TPSA) is 77.4 Å². The van der Waals surface area contributed by atoms with Crippen molar-refractivity contribution in [1.29, 1.82) is 0 Å². The number of hydrogen-bond donors (Lipinski definition) is 2. The Kier molecular flexibility index (Phi) is 7.00. The maximum atomic E-state index is 12.6. The average molecular weight is 304 g/mol. The largest absolute Gasteiger partial charge is 0.395 e. The van der Waals surface area contributed by atoms with Gasteiger partial charge >= 0.3 is 0 Å². The summed E-state index contributed by atoms with van der Waals surface area (Å²) in [5.74, 6) is 0.834. The van der Waals surface area contributed by atoms with Gasteiger partial charge in [-0.15, -0.1) is 0 Å². The molecule has 0 aliphatic heterocycles. The molecule has 9 heteroatoms. The van der Waals surface area contributed by atoms with Crippen molar-refractivity contribution in [3.8, 4) is 0 Å². The highest BCUT2D eigenvalue weighted by atomic mass is 19.3. The molecular weight excluding hydrogens is 282 g/mol. The van der Waals surface area contributed by atoms with E-state index in [1.165, 1.54) is 4.90 Å². The van der Waals surface area contributed by atoms with Crippen molar-refractivity contribution in [3.05, 3.63) is 0 Å². The van der Waals surface area contributed by atoms with Gasteiger partial charge in [0.1, 0.15) is 0 Å². The third kappa shape index (κ3) is 5.62. The number of halogens is 2. The number of alkyl halides is 2. The fourth-order valence-corrected chi connectivity index (χ4v) is 1.57. The lowest BCUT2D eigenvalue weighted by Gasteiger charge is -2.23. The molecule has 21 heavy (non-hydrogen) atoms. The number of nitrogens with one attached hydrogen (secondary N) is 1. The van der Waals surface area contributed by atoms with Gasteiger partial charge < -0.3 is 20.2 Å². The summed E-state index contributed by atoms with van der Waals surface area (Å²) in [7, 11) is 3.51. The zero-order valence-electron chi connectivity index (χ0n) is 12.6. The Labute approximate surface area is 123 Å². The maximum Gasteiger partial charge on any atom is 0.255 e. The minimum Gasteiger partial charge on any atom is -0.395 e. The molecule has 0 amide bonds. The minimum absolute atomic E-state index is 0.0362. The van der Waals surface area contributed by atoms with Crippen LogP contribution in [0.3, 0.4) is 0 Å². The quantitative estimate of drug-likeness (QED) is 0.699. The van der Waals surface area contributed by atoms with Gasteiger partial charge in [0, 0.05) is 27.2 Å². The van der Waals surface area contributed by atoms with Gasteiger partial charge in [0.2, 0.25) is 17.8 Å². The number of nitrogens with zero attached hydrogens (tertiary/aromatic N) is 5. The molecular formula is C12H22F2N6O. The van der Waals surface area contributed by atoms with Crippen LogP contribution in [-0.4, -0.2) is 66.8 Å². The third-order valence-corrected chi connectivity index (χ3v) is 2.56. The van der Waals surface area contributed by atoms with Crippen molar-refractivity contribution < 1.29 is 13.9 Å². The van der Waals surface area contributed by atoms with Gasteiger partial charge in [-0.3, -0.25) is 0 Å². The second-order valence-corrected chi connectivity index (χ2v) is 4.64. The van der Waals surface area contributed by atoms with Crippen molar-refractivity contribution in [2.24, 2.45) is 0 Å². The van der Waals surface area contributed by atoms with Crippen LogP contribution >= 0.6 is 0 Å². The summed E-state index contributed by atoms with van der Waals surface area (Å²) in [5, 5.41) is 12.0. The highest BCUT2D eigenvalue weighted by Crippen LogP contribution is 2.16. The van der Waals surface area contributed by atoms with Crippen LogP contribution in [0.1, 0.15) is 13.3 Å².